The van der Waals surface area contributed by atoms with E-state index in [9.17, 15) is 0 Å². The molecule has 0 spiro atoms. The van der Waals surface area contributed by atoms with Crippen LogP contribution in [0.15, 0.2) is 54.1 Å². The van der Waals surface area contributed by atoms with E-state index < -0.39 is 0 Å². The Kier molecular flexibility index (Phi) is 2.97. The topological polar surface area (TPSA) is 0 Å². The van der Waals surface area contributed by atoms with Gasteiger partial charge in [0.05, 0.1) is 0 Å². The Bertz CT molecular complexity index is 582. The third-order valence-electron chi connectivity index (χ3n) is 4.73. The van der Waals surface area contributed by atoms with Crippen LogP contribution in [0.3, 0.4) is 0 Å². The molecule has 0 nitrogen and oxygen atoms in total. The Balaban J connectivity index is 2.23. The summed E-state index contributed by atoms with van der Waals surface area (Å²) in [6.45, 7) is 7.09. The molecular formula is C19H22. The smallest absolute Gasteiger partial charge is 0.0153 e. The molecular weight excluding hydrogens is 228 g/mol. The molecule has 3 rings (SSSR count). The molecule has 0 bridgehead atoms. The molecule has 0 saturated heterocycles. The van der Waals surface area contributed by atoms with Gasteiger partial charge in [-0.3, -0.25) is 0 Å². The maximum Gasteiger partial charge on any atom is 0.0153 e. The van der Waals surface area contributed by atoms with Gasteiger partial charge in [0.25, 0.3) is 0 Å². The molecule has 0 N–H and O–H groups in total. The fourth-order valence-corrected chi connectivity index (χ4v) is 3.35. The fraction of sp³-hybridized carbons (Fsp3) is 0.368. The number of fused-ring (bicyclic) bond motifs is 2. The second-order valence-corrected chi connectivity index (χ2v) is 6.27. The Morgan fingerprint density at radius 2 is 1.84 bits per heavy atom. The van der Waals surface area contributed by atoms with Crippen molar-refractivity contribution in [1.82, 2.24) is 0 Å². The maximum absolute atomic E-state index is 2.40. The van der Waals surface area contributed by atoms with E-state index >= 15 is 0 Å². The first-order chi connectivity index (χ1) is 9.15. The zero-order valence-electron chi connectivity index (χ0n) is 12.1. The SMILES string of the molecule is CCC(C)(C)C1C2=C(C=CCC=C2)c2ccccc21. The normalized spacial score (nSPS) is 21.3. The van der Waals surface area contributed by atoms with Crippen molar-refractivity contribution in [1.29, 1.82) is 0 Å². The Morgan fingerprint density at radius 1 is 1.11 bits per heavy atom. The summed E-state index contributed by atoms with van der Waals surface area (Å²) in [5.74, 6) is 0.530. The molecule has 1 aromatic rings. The number of benzene rings is 1. The minimum absolute atomic E-state index is 0.301. The average molecular weight is 250 g/mol. The first-order valence-corrected chi connectivity index (χ1v) is 7.31. The molecule has 0 saturated carbocycles. The molecule has 0 heteroatoms. The van der Waals surface area contributed by atoms with Gasteiger partial charge < -0.3 is 0 Å². The molecule has 1 aromatic carbocycles. The van der Waals surface area contributed by atoms with Crippen LogP contribution in [0.25, 0.3) is 5.57 Å². The highest BCUT2D eigenvalue weighted by Crippen LogP contribution is 2.53. The summed E-state index contributed by atoms with van der Waals surface area (Å²) in [4.78, 5) is 0. The maximum atomic E-state index is 2.40. The summed E-state index contributed by atoms with van der Waals surface area (Å²) >= 11 is 0. The number of rotatable bonds is 2. The van der Waals surface area contributed by atoms with Gasteiger partial charge in [-0.15, -0.1) is 0 Å². The molecule has 2 aliphatic rings. The highest BCUT2D eigenvalue weighted by Gasteiger charge is 2.38. The van der Waals surface area contributed by atoms with Crippen LogP contribution in [0.1, 0.15) is 50.7 Å². The second kappa shape index (κ2) is 4.52. The van der Waals surface area contributed by atoms with Gasteiger partial charge in [0.1, 0.15) is 0 Å². The minimum Gasteiger partial charge on any atom is -0.0804 e. The van der Waals surface area contributed by atoms with Crippen LogP contribution < -0.4 is 0 Å². The molecule has 1 unspecified atom stereocenters. The van der Waals surface area contributed by atoms with Gasteiger partial charge in [-0.2, -0.15) is 0 Å². The Hall–Kier alpha value is -1.56. The van der Waals surface area contributed by atoms with Gasteiger partial charge in [-0.1, -0.05) is 75.8 Å². The van der Waals surface area contributed by atoms with E-state index in [1.807, 2.05) is 0 Å². The van der Waals surface area contributed by atoms with Crippen LogP contribution in [-0.2, 0) is 0 Å². The molecule has 1 atom stereocenters. The predicted octanol–water partition coefficient (Wildman–Crippen LogP) is 5.49. The number of hydrogen-bond acceptors (Lipinski definition) is 0. The quantitative estimate of drug-likeness (QED) is 0.651. The van der Waals surface area contributed by atoms with Gasteiger partial charge >= 0.3 is 0 Å². The first-order valence-electron chi connectivity index (χ1n) is 7.31. The number of allylic oxidation sites excluding steroid dienone is 6. The van der Waals surface area contributed by atoms with E-state index in [4.69, 9.17) is 0 Å². The molecule has 0 fully saturated rings. The van der Waals surface area contributed by atoms with Crippen LogP contribution in [0.2, 0.25) is 0 Å². The van der Waals surface area contributed by atoms with E-state index in [2.05, 4.69) is 69.3 Å². The van der Waals surface area contributed by atoms with Crippen molar-refractivity contribution < 1.29 is 0 Å². The van der Waals surface area contributed by atoms with E-state index in [0.29, 0.717) is 11.3 Å². The highest BCUT2D eigenvalue weighted by molar-refractivity contribution is 5.87. The molecule has 0 aromatic heterocycles. The lowest BCUT2D eigenvalue weighted by Gasteiger charge is -2.33. The van der Waals surface area contributed by atoms with Crippen molar-refractivity contribution in [2.75, 3.05) is 0 Å². The predicted molar refractivity (Wildman–Crippen MR) is 83.1 cm³/mol. The van der Waals surface area contributed by atoms with Crippen molar-refractivity contribution in [2.45, 2.75) is 39.5 Å². The summed E-state index contributed by atoms with van der Waals surface area (Å²) in [5.41, 5.74) is 6.20. The largest absolute Gasteiger partial charge is 0.0804 e. The summed E-state index contributed by atoms with van der Waals surface area (Å²) < 4.78 is 0. The van der Waals surface area contributed by atoms with Crippen LogP contribution in [0.5, 0.6) is 0 Å². The molecule has 98 valence electrons. The minimum atomic E-state index is 0.301. The lowest BCUT2D eigenvalue weighted by molar-refractivity contribution is 0.307. The number of hydrogen-bond donors (Lipinski definition) is 0. The molecule has 0 heterocycles. The Morgan fingerprint density at radius 3 is 2.63 bits per heavy atom. The van der Waals surface area contributed by atoms with Crippen molar-refractivity contribution in [3.05, 3.63) is 65.3 Å². The summed E-state index contributed by atoms with van der Waals surface area (Å²) in [7, 11) is 0. The summed E-state index contributed by atoms with van der Waals surface area (Å²) in [6, 6.07) is 8.93. The third kappa shape index (κ3) is 1.90. The van der Waals surface area contributed by atoms with E-state index in [1.165, 1.54) is 28.7 Å². The van der Waals surface area contributed by atoms with E-state index in [1.54, 1.807) is 0 Å². The van der Waals surface area contributed by atoms with E-state index in [0.717, 1.165) is 6.42 Å². The van der Waals surface area contributed by atoms with Gasteiger partial charge in [0.15, 0.2) is 0 Å². The van der Waals surface area contributed by atoms with Gasteiger partial charge in [0, 0.05) is 5.92 Å². The highest BCUT2D eigenvalue weighted by atomic mass is 14.4. The zero-order valence-corrected chi connectivity index (χ0v) is 12.1. The van der Waals surface area contributed by atoms with Gasteiger partial charge in [0.2, 0.25) is 0 Å². The summed E-state index contributed by atoms with van der Waals surface area (Å²) in [6.07, 6.45) is 11.5. The first kappa shape index (κ1) is 12.5. The van der Waals surface area contributed by atoms with Gasteiger partial charge in [-0.25, -0.2) is 0 Å². The fourth-order valence-electron chi connectivity index (χ4n) is 3.35. The second-order valence-electron chi connectivity index (χ2n) is 6.27. The lowest BCUT2D eigenvalue weighted by Crippen LogP contribution is -2.21. The van der Waals surface area contributed by atoms with Crippen LogP contribution in [-0.4, -0.2) is 0 Å². The average Bonchev–Trinajstić information content (AvgIpc) is 2.57. The standard InChI is InChI=1S/C19H22/c1-4-19(2,3)18-16-12-7-5-6-10-14(16)15-11-8-9-13-17(15)18/h6-13,18H,4-5H2,1-3H3. The summed E-state index contributed by atoms with van der Waals surface area (Å²) in [5, 5.41) is 0. The van der Waals surface area contributed by atoms with Crippen molar-refractivity contribution in [3.63, 3.8) is 0 Å². The Labute approximate surface area is 116 Å². The van der Waals surface area contributed by atoms with Crippen molar-refractivity contribution >= 4 is 5.57 Å². The molecule has 2 aliphatic carbocycles. The third-order valence-corrected chi connectivity index (χ3v) is 4.73. The van der Waals surface area contributed by atoms with Gasteiger partial charge in [-0.05, 0) is 34.1 Å². The monoisotopic (exact) mass is 250 g/mol. The van der Waals surface area contributed by atoms with Crippen LogP contribution >= 0.6 is 0 Å². The van der Waals surface area contributed by atoms with E-state index in [-0.39, 0.29) is 0 Å². The lowest BCUT2D eigenvalue weighted by atomic mass is 9.71. The molecule has 19 heavy (non-hydrogen) atoms. The molecule has 0 amide bonds. The zero-order chi connectivity index (χ0) is 13.5. The van der Waals surface area contributed by atoms with Crippen molar-refractivity contribution in [2.24, 2.45) is 5.41 Å². The van der Waals surface area contributed by atoms with Crippen LogP contribution in [0.4, 0.5) is 0 Å². The molecule has 0 radical (unpaired) electrons. The van der Waals surface area contributed by atoms with Crippen LogP contribution in [0, 0.1) is 5.41 Å². The molecule has 0 aliphatic heterocycles. The van der Waals surface area contributed by atoms with Crippen molar-refractivity contribution in [3.8, 4) is 0 Å².